The maximum absolute atomic E-state index is 10.5. The van der Waals surface area contributed by atoms with Crippen molar-refractivity contribution >= 4 is 29.5 Å². The second-order valence-electron chi connectivity index (χ2n) is 4.05. The van der Waals surface area contributed by atoms with Crippen molar-refractivity contribution < 1.29 is 14.4 Å². The molecule has 2 rings (SSSR count). The molecule has 0 aromatic carbocycles. The molecular formula is C11H16N2O3S2. The highest BCUT2D eigenvalue weighted by atomic mass is 32.2. The zero-order valence-electron chi connectivity index (χ0n) is 10.2. The van der Waals surface area contributed by atoms with Crippen molar-refractivity contribution in [3.63, 3.8) is 0 Å². The molecule has 7 heteroatoms. The summed E-state index contributed by atoms with van der Waals surface area (Å²) in [5, 5.41) is 13.4. The normalized spacial score (nSPS) is 24.1. The van der Waals surface area contributed by atoms with Gasteiger partial charge < -0.3 is 9.63 Å². The highest BCUT2D eigenvalue weighted by Gasteiger charge is 2.30. The van der Waals surface area contributed by atoms with E-state index in [9.17, 15) is 4.79 Å². The van der Waals surface area contributed by atoms with E-state index in [-0.39, 0.29) is 11.7 Å². The third kappa shape index (κ3) is 3.41. The van der Waals surface area contributed by atoms with Crippen molar-refractivity contribution in [2.75, 3.05) is 11.5 Å². The van der Waals surface area contributed by atoms with Crippen molar-refractivity contribution in [3.05, 3.63) is 11.7 Å². The number of aromatic nitrogens is 2. The van der Waals surface area contributed by atoms with Gasteiger partial charge in [-0.3, -0.25) is 4.79 Å². The van der Waals surface area contributed by atoms with Crippen molar-refractivity contribution in [2.45, 2.75) is 36.7 Å². The minimum absolute atomic E-state index is 0.0331. The lowest BCUT2D eigenvalue weighted by Crippen LogP contribution is -2.19. The van der Waals surface area contributed by atoms with Crippen LogP contribution in [0.3, 0.4) is 0 Å². The molecule has 100 valence electrons. The van der Waals surface area contributed by atoms with E-state index in [0.29, 0.717) is 17.6 Å². The van der Waals surface area contributed by atoms with Crippen LogP contribution in [0.25, 0.3) is 0 Å². The van der Waals surface area contributed by atoms with Crippen LogP contribution in [0.15, 0.2) is 4.52 Å². The van der Waals surface area contributed by atoms with Crippen LogP contribution in [0, 0.1) is 0 Å². The Balaban J connectivity index is 2.01. The molecule has 0 spiro atoms. The second kappa shape index (κ2) is 6.47. The van der Waals surface area contributed by atoms with Crippen molar-refractivity contribution in [3.8, 4) is 0 Å². The number of aryl methyl sites for hydroxylation is 1. The van der Waals surface area contributed by atoms with E-state index in [1.165, 1.54) is 5.75 Å². The molecule has 1 N–H and O–H groups in total. The minimum atomic E-state index is -0.844. The molecule has 2 heterocycles. The fourth-order valence-corrected chi connectivity index (χ4v) is 4.82. The molecule has 1 aliphatic heterocycles. The predicted molar refractivity (Wildman–Crippen MR) is 72.0 cm³/mol. The Morgan fingerprint density at radius 2 is 2.28 bits per heavy atom. The maximum Gasteiger partial charge on any atom is 0.303 e. The molecule has 1 aliphatic rings. The monoisotopic (exact) mass is 288 g/mol. The van der Waals surface area contributed by atoms with Crippen LogP contribution in [0.5, 0.6) is 0 Å². The SMILES string of the molecule is CCC1SCCSC1c1noc(CCC(=O)O)n1. The van der Waals surface area contributed by atoms with E-state index in [1.54, 1.807) is 0 Å². The number of carbonyl (C=O) groups is 1. The van der Waals surface area contributed by atoms with Crippen LogP contribution >= 0.6 is 23.5 Å². The third-order valence-electron chi connectivity index (χ3n) is 2.74. The van der Waals surface area contributed by atoms with Gasteiger partial charge in [0, 0.05) is 23.2 Å². The number of thioether (sulfide) groups is 2. The summed E-state index contributed by atoms with van der Waals surface area (Å²) >= 11 is 3.82. The minimum Gasteiger partial charge on any atom is -0.481 e. The van der Waals surface area contributed by atoms with Gasteiger partial charge in [-0.2, -0.15) is 16.7 Å². The van der Waals surface area contributed by atoms with E-state index in [2.05, 4.69) is 17.1 Å². The zero-order chi connectivity index (χ0) is 13.0. The molecular weight excluding hydrogens is 272 g/mol. The quantitative estimate of drug-likeness (QED) is 0.891. The third-order valence-corrected chi connectivity index (χ3v) is 5.99. The molecule has 0 amide bonds. The zero-order valence-corrected chi connectivity index (χ0v) is 11.8. The van der Waals surface area contributed by atoms with Crippen LogP contribution in [0.4, 0.5) is 0 Å². The summed E-state index contributed by atoms with van der Waals surface area (Å²) in [6.07, 6.45) is 1.43. The first kappa shape index (κ1) is 13.7. The molecule has 2 atom stereocenters. The molecule has 1 fully saturated rings. The molecule has 0 radical (unpaired) electrons. The Bertz CT molecular complexity index is 411. The molecule has 0 aliphatic carbocycles. The first-order valence-corrected chi connectivity index (χ1v) is 8.08. The lowest BCUT2D eigenvalue weighted by molar-refractivity contribution is -0.137. The number of hydrogen-bond donors (Lipinski definition) is 1. The number of nitrogens with zero attached hydrogens (tertiary/aromatic N) is 2. The lowest BCUT2D eigenvalue weighted by Gasteiger charge is -2.27. The molecule has 5 nitrogen and oxygen atoms in total. The lowest BCUT2D eigenvalue weighted by atomic mass is 10.2. The maximum atomic E-state index is 10.5. The van der Waals surface area contributed by atoms with Gasteiger partial charge in [0.1, 0.15) is 0 Å². The fraction of sp³-hybridized carbons (Fsp3) is 0.727. The van der Waals surface area contributed by atoms with Crippen LogP contribution in [-0.4, -0.2) is 38.0 Å². The predicted octanol–water partition coefficient (Wildman–Crippen LogP) is 2.39. The van der Waals surface area contributed by atoms with Gasteiger partial charge >= 0.3 is 5.97 Å². The summed E-state index contributed by atoms with van der Waals surface area (Å²) in [5.41, 5.74) is 0. The largest absolute Gasteiger partial charge is 0.481 e. The number of rotatable bonds is 5. The first-order chi connectivity index (χ1) is 8.70. The van der Waals surface area contributed by atoms with Crippen molar-refractivity contribution in [1.29, 1.82) is 0 Å². The Morgan fingerprint density at radius 3 is 3.00 bits per heavy atom. The smallest absolute Gasteiger partial charge is 0.303 e. The molecule has 1 aromatic rings. The van der Waals surface area contributed by atoms with Gasteiger partial charge in [-0.15, -0.1) is 11.8 Å². The van der Waals surface area contributed by atoms with Gasteiger partial charge in [0.15, 0.2) is 5.82 Å². The Morgan fingerprint density at radius 1 is 1.50 bits per heavy atom. The summed E-state index contributed by atoms with van der Waals surface area (Å²) in [4.78, 5) is 14.8. The average Bonchev–Trinajstić information content (AvgIpc) is 2.85. The summed E-state index contributed by atoms with van der Waals surface area (Å²) in [7, 11) is 0. The Hall–Kier alpha value is -0.690. The van der Waals surface area contributed by atoms with E-state index in [0.717, 1.165) is 18.0 Å². The standard InChI is InChI=1S/C11H16N2O3S2/c1-2-7-10(18-6-5-17-7)11-12-8(16-13-11)3-4-9(14)15/h7,10H,2-6H2,1H3,(H,14,15). The van der Waals surface area contributed by atoms with Gasteiger partial charge in [-0.1, -0.05) is 12.1 Å². The van der Waals surface area contributed by atoms with Gasteiger partial charge in [-0.25, -0.2) is 0 Å². The van der Waals surface area contributed by atoms with Crippen LogP contribution in [0.2, 0.25) is 0 Å². The summed E-state index contributed by atoms with van der Waals surface area (Å²) in [6, 6.07) is 0. The fourth-order valence-electron chi connectivity index (χ4n) is 1.84. The van der Waals surface area contributed by atoms with Crippen molar-refractivity contribution in [2.24, 2.45) is 0 Å². The van der Waals surface area contributed by atoms with E-state index in [1.807, 2.05) is 23.5 Å². The second-order valence-corrected chi connectivity index (χ2v) is 6.65. The molecule has 1 saturated heterocycles. The van der Waals surface area contributed by atoms with Crippen LogP contribution in [-0.2, 0) is 11.2 Å². The number of aliphatic carboxylic acids is 1. The molecule has 0 bridgehead atoms. The molecule has 1 aromatic heterocycles. The number of hydrogen-bond acceptors (Lipinski definition) is 6. The topological polar surface area (TPSA) is 76.2 Å². The Labute approximate surface area is 114 Å². The van der Waals surface area contributed by atoms with Crippen LogP contribution < -0.4 is 0 Å². The molecule has 0 saturated carbocycles. The average molecular weight is 288 g/mol. The van der Waals surface area contributed by atoms with Gasteiger partial charge in [-0.05, 0) is 6.42 Å². The summed E-state index contributed by atoms with van der Waals surface area (Å²) in [5.74, 6) is 2.58. The molecule has 18 heavy (non-hydrogen) atoms. The van der Waals surface area contributed by atoms with Gasteiger partial charge in [0.25, 0.3) is 0 Å². The number of carboxylic acid groups (broad SMARTS) is 1. The molecule has 2 unspecified atom stereocenters. The van der Waals surface area contributed by atoms with Crippen molar-refractivity contribution in [1.82, 2.24) is 10.1 Å². The van der Waals surface area contributed by atoms with E-state index < -0.39 is 5.97 Å². The highest BCUT2D eigenvalue weighted by Crippen LogP contribution is 2.42. The van der Waals surface area contributed by atoms with Gasteiger partial charge in [0.2, 0.25) is 5.89 Å². The first-order valence-electron chi connectivity index (χ1n) is 5.98. The highest BCUT2D eigenvalue weighted by molar-refractivity contribution is 8.06. The van der Waals surface area contributed by atoms with Crippen LogP contribution in [0.1, 0.15) is 36.7 Å². The van der Waals surface area contributed by atoms with E-state index >= 15 is 0 Å². The van der Waals surface area contributed by atoms with E-state index in [4.69, 9.17) is 9.63 Å². The number of carboxylic acids is 1. The summed E-state index contributed by atoms with van der Waals surface area (Å²) in [6.45, 7) is 2.17. The summed E-state index contributed by atoms with van der Waals surface area (Å²) < 4.78 is 5.11. The Kier molecular flexibility index (Phi) is 4.94. The van der Waals surface area contributed by atoms with Gasteiger partial charge in [0.05, 0.1) is 11.7 Å².